The number of nitrogens with zero attached hydrogens (tertiary/aromatic N) is 1. The zero-order chi connectivity index (χ0) is 19.0. The van der Waals surface area contributed by atoms with Gasteiger partial charge in [0, 0.05) is 13.1 Å². The average Bonchev–Trinajstić information content (AvgIpc) is 2.59. The van der Waals surface area contributed by atoms with Crippen molar-refractivity contribution in [1.29, 1.82) is 0 Å². The van der Waals surface area contributed by atoms with Crippen LogP contribution in [0.25, 0.3) is 0 Å². The van der Waals surface area contributed by atoms with E-state index in [1.165, 1.54) is 0 Å². The van der Waals surface area contributed by atoms with Crippen LogP contribution in [0.1, 0.15) is 39.2 Å². The number of amides is 1. The van der Waals surface area contributed by atoms with Gasteiger partial charge in [0.25, 0.3) is 0 Å². The van der Waals surface area contributed by atoms with Gasteiger partial charge in [0.2, 0.25) is 0 Å². The van der Waals surface area contributed by atoms with E-state index in [-0.39, 0.29) is 18.7 Å². The fourth-order valence-corrected chi connectivity index (χ4v) is 2.77. The van der Waals surface area contributed by atoms with Gasteiger partial charge in [0.15, 0.2) is 0 Å². The van der Waals surface area contributed by atoms with Gasteiger partial charge in [0.05, 0.1) is 6.61 Å². The zero-order valence-corrected chi connectivity index (χ0v) is 15.9. The molecule has 0 N–H and O–H groups in total. The molecule has 1 aliphatic rings. The van der Waals surface area contributed by atoms with Crippen molar-refractivity contribution in [3.05, 3.63) is 35.9 Å². The molecule has 6 nitrogen and oxygen atoms in total. The summed E-state index contributed by atoms with van der Waals surface area (Å²) >= 11 is 0. The Labute approximate surface area is 155 Å². The number of carbonyl (C=O) groups is 2. The van der Waals surface area contributed by atoms with Crippen LogP contribution in [-0.4, -0.2) is 48.9 Å². The first-order valence-corrected chi connectivity index (χ1v) is 9.09. The van der Waals surface area contributed by atoms with Crippen LogP contribution in [-0.2, 0) is 25.6 Å². The molecule has 26 heavy (non-hydrogen) atoms. The standard InChI is InChI=1S/C20H29NO5/c1-20(2,3)26-18(22)15-24-13-17-9-11-21(12-10-17)19(23)25-14-16-7-5-4-6-8-16/h4-8,17H,9-15H2,1-3H3. The molecule has 0 radical (unpaired) electrons. The summed E-state index contributed by atoms with van der Waals surface area (Å²) < 4.78 is 16.0. The first-order chi connectivity index (χ1) is 12.3. The smallest absolute Gasteiger partial charge is 0.410 e. The Morgan fingerprint density at radius 2 is 1.77 bits per heavy atom. The summed E-state index contributed by atoms with van der Waals surface area (Å²) in [6.07, 6.45) is 1.41. The second-order valence-corrected chi connectivity index (χ2v) is 7.57. The minimum absolute atomic E-state index is 0.0311. The van der Waals surface area contributed by atoms with E-state index in [4.69, 9.17) is 14.2 Å². The lowest BCUT2D eigenvalue weighted by Gasteiger charge is -2.31. The second-order valence-electron chi connectivity index (χ2n) is 7.57. The molecule has 0 spiro atoms. The minimum Gasteiger partial charge on any atom is -0.458 e. The van der Waals surface area contributed by atoms with Gasteiger partial charge in [-0.25, -0.2) is 9.59 Å². The zero-order valence-electron chi connectivity index (χ0n) is 15.9. The van der Waals surface area contributed by atoms with Crippen molar-refractivity contribution in [3.8, 4) is 0 Å². The van der Waals surface area contributed by atoms with E-state index in [1.54, 1.807) is 4.90 Å². The van der Waals surface area contributed by atoms with Crippen molar-refractivity contribution in [3.63, 3.8) is 0 Å². The van der Waals surface area contributed by atoms with Crippen molar-refractivity contribution in [2.75, 3.05) is 26.3 Å². The lowest BCUT2D eigenvalue weighted by Crippen LogP contribution is -2.39. The van der Waals surface area contributed by atoms with Gasteiger partial charge in [0.1, 0.15) is 18.8 Å². The van der Waals surface area contributed by atoms with E-state index in [2.05, 4.69) is 0 Å². The Hall–Kier alpha value is -2.08. The number of benzene rings is 1. The molecule has 6 heteroatoms. The fourth-order valence-electron chi connectivity index (χ4n) is 2.77. The van der Waals surface area contributed by atoms with Crippen LogP contribution in [0, 0.1) is 5.92 Å². The summed E-state index contributed by atoms with van der Waals surface area (Å²) in [7, 11) is 0. The fraction of sp³-hybridized carbons (Fsp3) is 0.600. The Morgan fingerprint density at radius 3 is 2.38 bits per heavy atom. The third-order valence-corrected chi connectivity index (χ3v) is 4.07. The van der Waals surface area contributed by atoms with E-state index in [0.717, 1.165) is 18.4 Å². The Kier molecular flexibility index (Phi) is 7.45. The largest absolute Gasteiger partial charge is 0.458 e. The van der Waals surface area contributed by atoms with Crippen molar-refractivity contribution in [2.24, 2.45) is 5.92 Å². The van der Waals surface area contributed by atoms with Crippen molar-refractivity contribution in [2.45, 2.75) is 45.8 Å². The minimum atomic E-state index is -0.494. The lowest BCUT2D eigenvalue weighted by molar-refractivity contribution is -0.160. The third-order valence-electron chi connectivity index (χ3n) is 4.07. The highest BCUT2D eigenvalue weighted by atomic mass is 16.6. The molecule has 0 aliphatic carbocycles. The molecule has 1 aromatic carbocycles. The van der Waals surface area contributed by atoms with Crippen LogP contribution in [0.15, 0.2) is 30.3 Å². The molecule has 1 aliphatic heterocycles. The molecule has 1 aromatic rings. The summed E-state index contributed by atoms with van der Waals surface area (Å²) in [5.41, 5.74) is 0.484. The predicted molar refractivity (Wildman–Crippen MR) is 97.6 cm³/mol. The molecule has 144 valence electrons. The van der Waals surface area contributed by atoms with Gasteiger partial charge in [-0.1, -0.05) is 30.3 Å². The van der Waals surface area contributed by atoms with E-state index < -0.39 is 5.60 Å². The van der Waals surface area contributed by atoms with Crippen LogP contribution < -0.4 is 0 Å². The normalized spacial score (nSPS) is 15.6. The summed E-state index contributed by atoms with van der Waals surface area (Å²) in [5.74, 6) is -0.00460. The summed E-state index contributed by atoms with van der Waals surface area (Å²) in [6.45, 7) is 7.55. The number of hydrogen-bond donors (Lipinski definition) is 0. The van der Waals surface area contributed by atoms with E-state index >= 15 is 0 Å². The molecular formula is C20H29NO5. The molecular weight excluding hydrogens is 334 g/mol. The number of esters is 1. The van der Waals surface area contributed by atoms with Gasteiger partial charge >= 0.3 is 12.1 Å². The van der Waals surface area contributed by atoms with E-state index in [1.807, 2.05) is 51.1 Å². The van der Waals surface area contributed by atoms with Gasteiger partial charge in [-0.05, 0) is 45.1 Å². The van der Waals surface area contributed by atoms with Gasteiger partial charge in [-0.15, -0.1) is 0 Å². The molecule has 0 unspecified atom stereocenters. The van der Waals surface area contributed by atoms with Gasteiger partial charge in [-0.3, -0.25) is 0 Å². The number of ether oxygens (including phenoxy) is 3. The van der Waals surface area contributed by atoms with Crippen molar-refractivity contribution in [1.82, 2.24) is 4.90 Å². The first-order valence-electron chi connectivity index (χ1n) is 9.09. The number of rotatable bonds is 6. The maximum Gasteiger partial charge on any atom is 0.410 e. The molecule has 0 saturated carbocycles. The van der Waals surface area contributed by atoms with E-state index in [0.29, 0.717) is 32.2 Å². The molecule has 1 saturated heterocycles. The Morgan fingerprint density at radius 1 is 1.12 bits per heavy atom. The van der Waals surface area contributed by atoms with Gasteiger partial charge in [-0.2, -0.15) is 0 Å². The van der Waals surface area contributed by atoms with Crippen LogP contribution in [0.5, 0.6) is 0 Å². The Balaban J connectivity index is 1.61. The van der Waals surface area contributed by atoms with Crippen LogP contribution in [0.3, 0.4) is 0 Å². The number of likely N-dealkylation sites (tertiary alicyclic amines) is 1. The van der Waals surface area contributed by atoms with Crippen LogP contribution in [0.2, 0.25) is 0 Å². The molecule has 0 bridgehead atoms. The van der Waals surface area contributed by atoms with Crippen molar-refractivity contribution >= 4 is 12.1 Å². The molecule has 1 heterocycles. The molecule has 0 aromatic heterocycles. The third kappa shape index (κ3) is 7.44. The van der Waals surface area contributed by atoms with Crippen LogP contribution >= 0.6 is 0 Å². The average molecular weight is 363 g/mol. The maximum absolute atomic E-state index is 12.1. The number of carbonyl (C=O) groups excluding carboxylic acids is 2. The number of piperidine rings is 1. The highest BCUT2D eigenvalue weighted by Crippen LogP contribution is 2.18. The van der Waals surface area contributed by atoms with Crippen molar-refractivity contribution < 1.29 is 23.8 Å². The summed E-state index contributed by atoms with van der Waals surface area (Å²) in [4.78, 5) is 25.5. The number of hydrogen-bond acceptors (Lipinski definition) is 5. The molecule has 0 atom stereocenters. The Bertz CT molecular complexity index is 574. The maximum atomic E-state index is 12.1. The topological polar surface area (TPSA) is 65.1 Å². The first kappa shape index (κ1) is 20.2. The SMILES string of the molecule is CC(C)(C)OC(=O)COCC1CCN(C(=O)OCc2ccccc2)CC1. The van der Waals surface area contributed by atoms with Gasteiger partial charge < -0.3 is 19.1 Å². The van der Waals surface area contributed by atoms with Crippen LogP contribution in [0.4, 0.5) is 4.79 Å². The lowest BCUT2D eigenvalue weighted by atomic mass is 9.98. The second kappa shape index (κ2) is 9.57. The quantitative estimate of drug-likeness (QED) is 0.725. The highest BCUT2D eigenvalue weighted by molar-refractivity contribution is 5.71. The highest BCUT2D eigenvalue weighted by Gasteiger charge is 2.24. The molecule has 1 amide bonds. The monoisotopic (exact) mass is 363 g/mol. The summed E-state index contributed by atoms with van der Waals surface area (Å²) in [6, 6.07) is 9.64. The molecule has 1 fully saturated rings. The summed E-state index contributed by atoms with van der Waals surface area (Å²) in [5, 5.41) is 0. The predicted octanol–water partition coefficient (Wildman–Crippen LogP) is 3.39. The molecule has 2 rings (SSSR count). The van der Waals surface area contributed by atoms with E-state index in [9.17, 15) is 9.59 Å².